The van der Waals surface area contributed by atoms with E-state index in [1.54, 1.807) is 16.7 Å². The van der Waals surface area contributed by atoms with Crippen LogP contribution in [0.15, 0.2) is 12.1 Å². The molecule has 2 nitrogen and oxygen atoms in total. The minimum Gasteiger partial charge on any atom is -0.324 e. The molecule has 2 N–H and O–H groups in total. The molecule has 0 saturated carbocycles. The van der Waals surface area contributed by atoms with E-state index in [-0.39, 0.29) is 6.04 Å². The fourth-order valence-electron chi connectivity index (χ4n) is 4.81. The van der Waals surface area contributed by atoms with Crippen LogP contribution >= 0.6 is 0 Å². The highest BCUT2D eigenvalue weighted by Gasteiger charge is 2.35. The molecule has 2 unspecified atom stereocenters. The summed E-state index contributed by atoms with van der Waals surface area (Å²) in [4.78, 5) is 2.75. The number of benzene rings is 1. The Morgan fingerprint density at radius 2 is 1.90 bits per heavy atom. The van der Waals surface area contributed by atoms with E-state index < -0.39 is 0 Å². The van der Waals surface area contributed by atoms with Crippen molar-refractivity contribution in [3.05, 3.63) is 34.4 Å². The van der Waals surface area contributed by atoms with Crippen molar-refractivity contribution < 1.29 is 0 Å². The average Bonchev–Trinajstić information content (AvgIpc) is 2.48. The number of rotatable bonds is 0. The van der Waals surface area contributed by atoms with Crippen molar-refractivity contribution in [2.75, 3.05) is 6.54 Å². The van der Waals surface area contributed by atoms with Crippen LogP contribution in [0.4, 0.5) is 0 Å². The fraction of sp³-hybridized carbons (Fsp3) is 0.667. The first-order valence-electron chi connectivity index (χ1n) is 8.41. The highest BCUT2D eigenvalue weighted by atomic mass is 15.2. The van der Waals surface area contributed by atoms with E-state index in [9.17, 15) is 0 Å². The second kappa shape index (κ2) is 4.85. The number of fused-ring (bicyclic) bond motifs is 5. The Labute approximate surface area is 122 Å². The van der Waals surface area contributed by atoms with E-state index in [0.29, 0.717) is 12.1 Å². The van der Waals surface area contributed by atoms with Gasteiger partial charge in [0, 0.05) is 18.1 Å². The third kappa shape index (κ3) is 1.85. The Morgan fingerprint density at radius 1 is 1.05 bits per heavy atom. The van der Waals surface area contributed by atoms with Crippen molar-refractivity contribution in [2.45, 2.75) is 70.0 Å². The van der Waals surface area contributed by atoms with Crippen molar-refractivity contribution in [1.29, 1.82) is 0 Å². The molecule has 1 aromatic rings. The van der Waals surface area contributed by atoms with Gasteiger partial charge in [0.1, 0.15) is 0 Å². The molecule has 3 atom stereocenters. The molecule has 108 valence electrons. The molecule has 2 heterocycles. The fourth-order valence-corrected chi connectivity index (χ4v) is 4.81. The van der Waals surface area contributed by atoms with E-state index in [0.717, 1.165) is 6.42 Å². The molecule has 20 heavy (non-hydrogen) atoms. The lowest BCUT2D eigenvalue weighted by molar-refractivity contribution is 0.0897. The summed E-state index contributed by atoms with van der Waals surface area (Å²) in [5.74, 6) is 0. The first-order chi connectivity index (χ1) is 9.75. The Bertz CT molecular complexity index is 522. The number of piperidine rings is 1. The topological polar surface area (TPSA) is 29.3 Å². The largest absolute Gasteiger partial charge is 0.324 e. The lowest BCUT2D eigenvalue weighted by Gasteiger charge is -2.46. The second-order valence-electron chi connectivity index (χ2n) is 7.00. The summed E-state index contributed by atoms with van der Waals surface area (Å²) in [7, 11) is 0. The van der Waals surface area contributed by atoms with Gasteiger partial charge in [-0.05, 0) is 74.2 Å². The predicted octanol–water partition coefficient (Wildman–Crippen LogP) is 3.49. The lowest BCUT2D eigenvalue weighted by Crippen LogP contribution is -2.45. The Hall–Kier alpha value is -0.860. The molecule has 0 spiro atoms. The second-order valence-corrected chi connectivity index (χ2v) is 7.00. The summed E-state index contributed by atoms with van der Waals surface area (Å²) >= 11 is 0. The molecule has 2 heteroatoms. The summed E-state index contributed by atoms with van der Waals surface area (Å²) in [5, 5.41) is 0. The van der Waals surface area contributed by atoms with E-state index >= 15 is 0 Å². The zero-order valence-corrected chi connectivity index (χ0v) is 12.6. The van der Waals surface area contributed by atoms with Crippen LogP contribution in [0.1, 0.15) is 73.4 Å². The summed E-state index contributed by atoms with van der Waals surface area (Å²) in [6.45, 7) is 3.71. The maximum absolute atomic E-state index is 6.34. The van der Waals surface area contributed by atoms with E-state index in [2.05, 4.69) is 24.0 Å². The number of hydrogen-bond donors (Lipinski definition) is 1. The zero-order valence-electron chi connectivity index (χ0n) is 12.6. The minimum absolute atomic E-state index is 0.281. The molecule has 0 aromatic heterocycles. The van der Waals surface area contributed by atoms with Gasteiger partial charge in [0.05, 0.1) is 0 Å². The van der Waals surface area contributed by atoms with Crippen LogP contribution in [0, 0.1) is 0 Å². The van der Waals surface area contributed by atoms with Gasteiger partial charge in [-0.25, -0.2) is 0 Å². The quantitative estimate of drug-likeness (QED) is 0.782. The van der Waals surface area contributed by atoms with Gasteiger partial charge >= 0.3 is 0 Å². The summed E-state index contributed by atoms with van der Waals surface area (Å²) in [5.41, 5.74) is 12.7. The van der Waals surface area contributed by atoms with Crippen LogP contribution in [0.25, 0.3) is 0 Å². The van der Waals surface area contributed by atoms with Gasteiger partial charge in [0.25, 0.3) is 0 Å². The van der Waals surface area contributed by atoms with Gasteiger partial charge in [-0.2, -0.15) is 0 Å². The van der Waals surface area contributed by atoms with Gasteiger partial charge in [-0.1, -0.05) is 18.6 Å². The molecule has 1 aliphatic carbocycles. The van der Waals surface area contributed by atoms with Crippen molar-refractivity contribution >= 4 is 0 Å². The standard InChI is InChI=1S/C18H26N2/c1-12-11-16-13-5-4-6-17(19)14(13)8-9-15(16)18-7-2-3-10-20(12)18/h8-9,12,17-18H,2-7,10-11,19H2,1H3/t12?,17-,18?/m1/s1. The monoisotopic (exact) mass is 270 g/mol. The normalized spacial score (nSPS) is 33.2. The van der Waals surface area contributed by atoms with Crippen molar-refractivity contribution in [1.82, 2.24) is 4.90 Å². The van der Waals surface area contributed by atoms with Crippen LogP contribution in [0.3, 0.4) is 0 Å². The van der Waals surface area contributed by atoms with Crippen LogP contribution < -0.4 is 5.73 Å². The summed E-state index contributed by atoms with van der Waals surface area (Å²) < 4.78 is 0. The molecular formula is C18H26N2. The third-order valence-electron chi connectivity index (χ3n) is 5.81. The Balaban J connectivity index is 1.82. The van der Waals surface area contributed by atoms with Gasteiger partial charge in [0.15, 0.2) is 0 Å². The minimum atomic E-state index is 0.281. The van der Waals surface area contributed by atoms with E-state index in [4.69, 9.17) is 5.73 Å². The van der Waals surface area contributed by atoms with Gasteiger partial charge < -0.3 is 5.73 Å². The van der Waals surface area contributed by atoms with Crippen LogP contribution in [-0.2, 0) is 12.8 Å². The van der Waals surface area contributed by atoms with Crippen molar-refractivity contribution in [2.24, 2.45) is 5.73 Å². The maximum Gasteiger partial charge on any atom is 0.0353 e. The predicted molar refractivity (Wildman–Crippen MR) is 82.8 cm³/mol. The highest BCUT2D eigenvalue weighted by molar-refractivity contribution is 5.47. The molecule has 1 fully saturated rings. The third-order valence-corrected chi connectivity index (χ3v) is 5.81. The van der Waals surface area contributed by atoms with Gasteiger partial charge in [0.2, 0.25) is 0 Å². The SMILES string of the molecule is CC1Cc2c(ccc3c2CCC[C@H]3N)C2CCCCN12. The van der Waals surface area contributed by atoms with Crippen LogP contribution in [-0.4, -0.2) is 17.5 Å². The molecule has 4 rings (SSSR count). The average molecular weight is 270 g/mol. The number of hydrogen-bond acceptors (Lipinski definition) is 2. The summed E-state index contributed by atoms with van der Waals surface area (Å²) in [6.07, 6.45) is 9.05. The first-order valence-corrected chi connectivity index (χ1v) is 8.41. The Morgan fingerprint density at radius 3 is 2.80 bits per heavy atom. The molecule has 1 saturated heterocycles. The molecule has 1 aromatic carbocycles. The van der Waals surface area contributed by atoms with E-state index in [1.165, 1.54) is 50.6 Å². The Kier molecular flexibility index (Phi) is 3.12. The smallest absolute Gasteiger partial charge is 0.0353 e. The summed E-state index contributed by atoms with van der Waals surface area (Å²) in [6, 6.07) is 6.43. The van der Waals surface area contributed by atoms with Gasteiger partial charge in [-0.3, -0.25) is 4.90 Å². The number of nitrogens with zero attached hydrogens (tertiary/aromatic N) is 1. The zero-order chi connectivity index (χ0) is 13.7. The molecule has 0 bridgehead atoms. The molecule has 0 radical (unpaired) electrons. The van der Waals surface area contributed by atoms with Crippen LogP contribution in [0.2, 0.25) is 0 Å². The van der Waals surface area contributed by atoms with Crippen LogP contribution in [0.5, 0.6) is 0 Å². The van der Waals surface area contributed by atoms with Gasteiger partial charge in [-0.15, -0.1) is 0 Å². The lowest BCUT2D eigenvalue weighted by atomic mass is 9.76. The van der Waals surface area contributed by atoms with E-state index in [1.807, 2.05) is 0 Å². The molecule has 2 aliphatic heterocycles. The molecule has 0 amide bonds. The maximum atomic E-state index is 6.34. The first kappa shape index (κ1) is 12.8. The van der Waals surface area contributed by atoms with Crippen molar-refractivity contribution in [3.8, 4) is 0 Å². The molecular weight excluding hydrogens is 244 g/mol. The molecule has 3 aliphatic rings. The highest BCUT2D eigenvalue weighted by Crippen LogP contribution is 2.43. The van der Waals surface area contributed by atoms with Crippen molar-refractivity contribution in [3.63, 3.8) is 0 Å². The number of nitrogens with two attached hydrogens (primary N) is 1.